The zero-order chi connectivity index (χ0) is 18.1. The van der Waals surface area contributed by atoms with Crippen LogP contribution in [0.25, 0.3) is 0 Å². The Labute approximate surface area is 139 Å². The maximum atomic E-state index is 12.7. The van der Waals surface area contributed by atoms with Crippen LogP contribution in [0, 0.1) is 17.0 Å². The lowest BCUT2D eigenvalue weighted by Crippen LogP contribution is -2.14. The number of hydrogen-bond acceptors (Lipinski definition) is 3. The summed E-state index contributed by atoms with van der Waals surface area (Å²) in [6.07, 6.45) is -4.58. The molecule has 2 aromatic rings. The molecular weight excluding hydrogens is 349 g/mol. The average molecular weight is 359 g/mol. The van der Waals surface area contributed by atoms with Crippen molar-refractivity contribution in [3.05, 3.63) is 68.2 Å². The first-order chi connectivity index (χ1) is 11.1. The topological polar surface area (TPSA) is 72.2 Å². The number of anilines is 1. The molecule has 0 aliphatic rings. The summed E-state index contributed by atoms with van der Waals surface area (Å²) in [5.74, 6) is -0.728. The molecule has 2 aromatic carbocycles. The molecule has 2 rings (SSSR count). The van der Waals surface area contributed by atoms with Crippen LogP contribution in [0.3, 0.4) is 0 Å². The van der Waals surface area contributed by atoms with Crippen molar-refractivity contribution in [3.63, 3.8) is 0 Å². The van der Waals surface area contributed by atoms with Crippen LogP contribution >= 0.6 is 11.6 Å². The highest BCUT2D eigenvalue weighted by atomic mass is 35.5. The Hall–Kier alpha value is -2.61. The number of alkyl halides is 3. The zero-order valence-electron chi connectivity index (χ0n) is 12.1. The molecule has 0 atom stereocenters. The van der Waals surface area contributed by atoms with Crippen LogP contribution in [-0.4, -0.2) is 10.8 Å². The number of rotatable bonds is 3. The van der Waals surface area contributed by atoms with Crippen LogP contribution in [0.15, 0.2) is 36.4 Å². The van der Waals surface area contributed by atoms with Crippen molar-refractivity contribution >= 4 is 28.9 Å². The average Bonchev–Trinajstić information content (AvgIpc) is 2.47. The van der Waals surface area contributed by atoms with E-state index in [0.717, 1.165) is 24.3 Å². The van der Waals surface area contributed by atoms with Crippen LogP contribution < -0.4 is 5.32 Å². The number of nitro benzene ring substituents is 1. The monoisotopic (exact) mass is 358 g/mol. The van der Waals surface area contributed by atoms with Crippen molar-refractivity contribution in [2.45, 2.75) is 13.1 Å². The van der Waals surface area contributed by atoms with Gasteiger partial charge in [-0.2, -0.15) is 13.2 Å². The van der Waals surface area contributed by atoms with Crippen LogP contribution in [0.2, 0.25) is 5.02 Å². The Balaban J connectivity index is 2.30. The standard InChI is InChI=1S/C15H10ClF3N2O3/c1-8-6-9(2-5-13(8)21(23)24)14(22)20-12-7-10(15(17,18)19)3-4-11(12)16/h2-7H,1H3,(H,20,22). The fraction of sp³-hybridized carbons (Fsp3) is 0.133. The number of halogens is 4. The predicted molar refractivity (Wildman–Crippen MR) is 82.2 cm³/mol. The molecule has 5 nitrogen and oxygen atoms in total. The third-order valence-corrected chi connectivity index (χ3v) is 3.53. The van der Waals surface area contributed by atoms with E-state index in [4.69, 9.17) is 11.6 Å². The lowest BCUT2D eigenvalue weighted by atomic mass is 10.1. The number of amides is 1. The van der Waals surface area contributed by atoms with E-state index in [1.165, 1.54) is 19.1 Å². The number of hydrogen-bond donors (Lipinski definition) is 1. The smallest absolute Gasteiger partial charge is 0.321 e. The van der Waals surface area contributed by atoms with Gasteiger partial charge in [-0.1, -0.05) is 11.6 Å². The van der Waals surface area contributed by atoms with E-state index in [-0.39, 0.29) is 27.5 Å². The first kappa shape index (κ1) is 17.7. The molecule has 0 radical (unpaired) electrons. The number of benzene rings is 2. The second-order valence-corrected chi connectivity index (χ2v) is 5.31. The molecule has 1 N–H and O–H groups in total. The number of nitrogens with one attached hydrogen (secondary N) is 1. The summed E-state index contributed by atoms with van der Waals surface area (Å²) < 4.78 is 38.1. The highest BCUT2D eigenvalue weighted by Gasteiger charge is 2.31. The molecule has 1 amide bonds. The van der Waals surface area contributed by atoms with Gasteiger partial charge >= 0.3 is 6.18 Å². The van der Waals surface area contributed by atoms with E-state index >= 15 is 0 Å². The minimum absolute atomic E-state index is 0.0602. The van der Waals surface area contributed by atoms with Gasteiger partial charge in [-0.05, 0) is 37.3 Å². The minimum atomic E-state index is -4.58. The fourth-order valence-corrected chi connectivity index (χ4v) is 2.16. The Morgan fingerprint density at radius 2 is 1.88 bits per heavy atom. The molecular formula is C15H10ClF3N2O3. The van der Waals surface area contributed by atoms with Gasteiger partial charge in [0.15, 0.2) is 0 Å². The molecule has 0 aliphatic carbocycles. The number of carbonyl (C=O) groups excluding carboxylic acids is 1. The van der Waals surface area contributed by atoms with Gasteiger partial charge in [-0.25, -0.2) is 0 Å². The maximum Gasteiger partial charge on any atom is 0.416 e. The zero-order valence-corrected chi connectivity index (χ0v) is 12.9. The third-order valence-electron chi connectivity index (χ3n) is 3.20. The molecule has 24 heavy (non-hydrogen) atoms. The minimum Gasteiger partial charge on any atom is -0.321 e. The van der Waals surface area contributed by atoms with Gasteiger partial charge in [0.05, 0.1) is 21.2 Å². The quantitative estimate of drug-likeness (QED) is 0.631. The van der Waals surface area contributed by atoms with Gasteiger partial charge in [0, 0.05) is 17.2 Å². The van der Waals surface area contributed by atoms with Crippen LogP contribution in [-0.2, 0) is 6.18 Å². The normalized spacial score (nSPS) is 11.2. The van der Waals surface area contributed by atoms with Crippen molar-refractivity contribution in [3.8, 4) is 0 Å². The lowest BCUT2D eigenvalue weighted by molar-refractivity contribution is -0.385. The summed E-state index contributed by atoms with van der Waals surface area (Å²) in [5.41, 5.74) is -1.01. The van der Waals surface area contributed by atoms with Crippen molar-refractivity contribution in [1.29, 1.82) is 0 Å². The fourth-order valence-electron chi connectivity index (χ4n) is 1.99. The van der Waals surface area contributed by atoms with Crippen molar-refractivity contribution < 1.29 is 22.9 Å². The molecule has 0 bridgehead atoms. The Bertz CT molecular complexity index is 822. The molecule has 0 spiro atoms. The van der Waals surface area contributed by atoms with E-state index < -0.39 is 22.6 Å². The molecule has 9 heteroatoms. The van der Waals surface area contributed by atoms with Gasteiger partial charge in [-0.3, -0.25) is 14.9 Å². The van der Waals surface area contributed by atoms with E-state index in [9.17, 15) is 28.1 Å². The van der Waals surface area contributed by atoms with Crippen LogP contribution in [0.4, 0.5) is 24.5 Å². The molecule has 0 aliphatic heterocycles. The first-order valence-corrected chi connectivity index (χ1v) is 6.90. The number of carbonyl (C=O) groups is 1. The second-order valence-electron chi connectivity index (χ2n) is 4.90. The van der Waals surface area contributed by atoms with Crippen molar-refractivity contribution in [1.82, 2.24) is 0 Å². The van der Waals surface area contributed by atoms with Gasteiger partial charge in [-0.15, -0.1) is 0 Å². The van der Waals surface area contributed by atoms with Crippen LogP contribution in [0.1, 0.15) is 21.5 Å². The Kier molecular flexibility index (Phi) is 4.79. The SMILES string of the molecule is Cc1cc(C(=O)Nc2cc(C(F)(F)F)ccc2Cl)ccc1[N+](=O)[O-]. The lowest BCUT2D eigenvalue weighted by Gasteiger charge is -2.12. The van der Waals surface area contributed by atoms with Gasteiger partial charge in [0.2, 0.25) is 0 Å². The molecule has 0 heterocycles. The van der Waals surface area contributed by atoms with E-state index in [0.29, 0.717) is 0 Å². The summed E-state index contributed by atoms with van der Waals surface area (Å²) in [4.78, 5) is 22.3. The Morgan fingerprint density at radius 1 is 1.21 bits per heavy atom. The summed E-state index contributed by atoms with van der Waals surface area (Å²) in [7, 11) is 0. The number of aryl methyl sites for hydroxylation is 1. The van der Waals surface area contributed by atoms with Gasteiger partial charge < -0.3 is 5.32 Å². The van der Waals surface area contributed by atoms with E-state index in [2.05, 4.69) is 5.32 Å². The predicted octanol–water partition coefficient (Wildman–Crippen LogP) is 4.83. The number of nitrogens with zero attached hydrogens (tertiary/aromatic N) is 1. The first-order valence-electron chi connectivity index (χ1n) is 6.52. The van der Waals surface area contributed by atoms with Crippen molar-refractivity contribution in [2.24, 2.45) is 0 Å². The van der Waals surface area contributed by atoms with E-state index in [1.807, 2.05) is 0 Å². The summed E-state index contributed by atoms with van der Waals surface area (Å²) in [6, 6.07) is 6.18. The maximum absolute atomic E-state index is 12.7. The van der Waals surface area contributed by atoms with Gasteiger partial charge in [0.1, 0.15) is 0 Å². The third kappa shape index (κ3) is 3.83. The molecule has 0 saturated carbocycles. The number of nitro groups is 1. The highest BCUT2D eigenvalue weighted by molar-refractivity contribution is 6.34. The largest absolute Gasteiger partial charge is 0.416 e. The van der Waals surface area contributed by atoms with Crippen molar-refractivity contribution in [2.75, 3.05) is 5.32 Å². The Morgan fingerprint density at radius 3 is 2.42 bits per heavy atom. The van der Waals surface area contributed by atoms with Gasteiger partial charge in [0.25, 0.3) is 11.6 Å². The summed E-state index contributed by atoms with van der Waals surface area (Å²) in [6.45, 7) is 1.45. The molecule has 0 fully saturated rings. The summed E-state index contributed by atoms with van der Waals surface area (Å²) >= 11 is 5.80. The highest BCUT2D eigenvalue weighted by Crippen LogP contribution is 2.34. The summed E-state index contributed by atoms with van der Waals surface area (Å²) in [5, 5.41) is 13.0. The molecule has 0 saturated heterocycles. The molecule has 126 valence electrons. The van der Waals surface area contributed by atoms with Crippen LogP contribution in [0.5, 0.6) is 0 Å². The molecule has 0 aromatic heterocycles. The molecule has 0 unspecified atom stereocenters. The second kappa shape index (κ2) is 6.48. The van der Waals surface area contributed by atoms with E-state index in [1.54, 1.807) is 0 Å².